The molecule has 3 rings (SSSR count). The van der Waals surface area contributed by atoms with Gasteiger partial charge in [0.25, 0.3) is 0 Å². The molecule has 0 amide bonds. The van der Waals surface area contributed by atoms with Crippen LogP contribution in [0, 0.1) is 5.92 Å². The fourth-order valence-electron chi connectivity index (χ4n) is 2.42. The molecule has 0 bridgehead atoms. The molecule has 2 aliphatic rings. The Hall–Kier alpha value is -0.730. The smallest absolute Gasteiger partial charge is 0.0762 e. The summed E-state index contributed by atoms with van der Waals surface area (Å²) in [4.78, 5) is 2.48. The van der Waals surface area contributed by atoms with Crippen molar-refractivity contribution in [1.29, 1.82) is 0 Å². The van der Waals surface area contributed by atoms with Gasteiger partial charge >= 0.3 is 0 Å². The third-order valence-corrected chi connectivity index (χ3v) is 4.21. The molecule has 2 aliphatic carbocycles. The predicted octanol–water partition coefficient (Wildman–Crippen LogP) is 3.77. The maximum atomic E-state index is 9.58. The van der Waals surface area contributed by atoms with E-state index in [9.17, 15) is 5.11 Å². The van der Waals surface area contributed by atoms with E-state index in [1.165, 1.54) is 25.7 Å². The van der Waals surface area contributed by atoms with Gasteiger partial charge in [0.2, 0.25) is 0 Å². The zero-order valence-electron chi connectivity index (χ0n) is 10.8. The highest BCUT2D eigenvalue weighted by Crippen LogP contribution is 2.40. The minimum Gasteiger partial charge on any atom is -0.389 e. The van der Waals surface area contributed by atoms with Crippen LogP contribution < -0.4 is 4.90 Å². The first-order valence-corrected chi connectivity index (χ1v) is 7.27. The molecule has 1 aromatic rings. The van der Waals surface area contributed by atoms with Crippen LogP contribution in [0.2, 0.25) is 5.02 Å². The van der Waals surface area contributed by atoms with Crippen LogP contribution >= 0.6 is 11.6 Å². The first-order valence-electron chi connectivity index (χ1n) is 6.89. The summed E-state index contributed by atoms with van der Waals surface area (Å²) in [7, 11) is 0. The molecule has 0 heterocycles. The molecule has 2 nitrogen and oxygen atoms in total. The molecule has 1 atom stereocenters. The monoisotopic (exact) mass is 265 g/mol. The molecule has 98 valence electrons. The first kappa shape index (κ1) is 12.3. The summed E-state index contributed by atoms with van der Waals surface area (Å²) in [6.45, 7) is 2.92. The van der Waals surface area contributed by atoms with Gasteiger partial charge in [0.15, 0.2) is 0 Å². The fraction of sp³-hybridized carbons (Fsp3) is 0.600. The highest BCUT2D eigenvalue weighted by molar-refractivity contribution is 6.33. The van der Waals surface area contributed by atoms with Crippen molar-refractivity contribution < 1.29 is 5.11 Å². The summed E-state index contributed by atoms with van der Waals surface area (Å²) in [5, 5.41) is 10.4. The van der Waals surface area contributed by atoms with E-state index in [2.05, 4.69) is 11.0 Å². The molecule has 1 aromatic carbocycles. The van der Waals surface area contributed by atoms with Gasteiger partial charge in [0.05, 0.1) is 16.8 Å². The van der Waals surface area contributed by atoms with Crippen LogP contribution in [0.25, 0.3) is 0 Å². The molecule has 0 aromatic heterocycles. The predicted molar refractivity (Wildman–Crippen MR) is 75.2 cm³/mol. The van der Waals surface area contributed by atoms with Gasteiger partial charge in [-0.15, -0.1) is 0 Å². The van der Waals surface area contributed by atoms with Crippen LogP contribution in [0.5, 0.6) is 0 Å². The van der Waals surface area contributed by atoms with E-state index in [0.717, 1.165) is 28.7 Å². The lowest BCUT2D eigenvalue weighted by atomic mass is 10.1. The minimum atomic E-state index is -0.450. The lowest BCUT2D eigenvalue weighted by molar-refractivity contribution is 0.199. The average Bonchev–Trinajstić information content (AvgIpc) is 3.19. The van der Waals surface area contributed by atoms with E-state index >= 15 is 0 Å². The molecular formula is C15H20ClNO. The van der Waals surface area contributed by atoms with E-state index in [1.807, 2.05) is 12.1 Å². The summed E-state index contributed by atoms with van der Waals surface area (Å²) in [5.74, 6) is 0.873. The third-order valence-electron chi connectivity index (χ3n) is 3.90. The van der Waals surface area contributed by atoms with Gasteiger partial charge in [0.1, 0.15) is 0 Å². The van der Waals surface area contributed by atoms with E-state index in [4.69, 9.17) is 11.6 Å². The van der Waals surface area contributed by atoms with E-state index in [1.54, 1.807) is 6.92 Å². The number of hydrogen-bond acceptors (Lipinski definition) is 2. The van der Waals surface area contributed by atoms with Crippen molar-refractivity contribution in [3.05, 3.63) is 28.8 Å². The van der Waals surface area contributed by atoms with Crippen molar-refractivity contribution in [3.63, 3.8) is 0 Å². The number of rotatable bonds is 5. The number of benzene rings is 1. The maximum absolute atomic E-state index is 9.58. The van der Waals surface area contributed by atoms with Crippen LogP contribution in [0.1, 0.15) is 44.3 Å². The third kappa shape index (κ3) is 2.65. The lowest BCUT2D eigenvalue weighted by Crippen LogP contribution is -2.28. The molecule has 2 saturated carbocycles. The maximum Gasteiger partial charge on any atom is 0.0762 e. The zero-order valence-corrected chi connectivity index (χ0v) is 11.5. The quantitative estimate of drug-likeness (QED) is 0.876. The number of nitrogens with zero attached hydrogens (tertiary/aromatic N) is 1. The molecule has 0 spiro atoms. The number of aliphatic hydroxyl groups excluding tert-OH is 1. The SMILES string of the molecule is CC(O)c1ccc(N(CC2CC2)C2CC2)c(Cl)c1. The Labute approximate surface area is 114 Å². The molecule has 0 radical (unpaired) electrons. The highest BCUT2D eigenvalue weighted by Gasteiger charge is 2.34. The molecule has 0 aliphatic heterocycles. The Kier molecular flexibility index (Phi) is 3.25. The van der Waals surface area contributed by atoms with Crippen molar-refractivity contribution in [1.82, 2.24) is 0 Å². The van der Waals surface area contributed by atoms with Crippen molar-refractivity contribution >= 4 is 17.3 Å². The second kappa shape index (κ2) is 4.75. The normalized spacial score (nSPS) is 20.8. The summed E-state index contributed by atoms with van der Waals surface area (Å²) >= 11 is 6.39. The molecule has 18 heavy (non-hydrogen) atoms. The van der Waals surface area contributed by atoms with Crippen molar-refractivity contribution in [2.45, 2.75) is 44.8 Å². The number of halogens is 1. The molecule has 2 fully saturated rings. The van der Waals surface area contributed by atoms with Gasteiger partial charge in [-0.1, -0.05) is 17.7 Å². The Bertz CT molecular complexity index is 438. The van der Waals surface area contributed by atoms with E-state index < -0.39 is 6.10 Å². The second-order valence-electron chi connectivity index (χ2n) is 5.71. The topological polar surface area (TPSA) is 23.5 Å². The summed E-state index contributed by atoms with van der Waals surface area (Å²) in [5.41, 5.74) is 2.04. The van der Waals surface area contributed by atoms with Crippen LogP contribution in [-0.4, -0.2) is 17.7 Å². The zero-order chi connectivity index (χ0) is 12.7. The van der Waals surface area contributed by atoms with Gasteiger partial charge in [-0.3, -0.25) is 0 Å². The fourth-order valence-corrected chi connectivity index (χ4v) is 2.72. The van der Waals surface area contributed by atoms with Crippen LogP contribution in [0.4, 0.5) is 5.69 Å². The molecule has 1 unspecified atom stereocenters. The number of aliphatic hydroxyl groups is 1. The van der Waals surface area contributed by atoms with Gasteiger partial charge in [-0.05, 0) is 56.2 Å². The van der Waals surface area contributed by atoms with Gasteiger partial charge < -0.3 is 10.0 Å². The molecule has 0 saturated heterocycles. The van der Waals surface area contributed by atoms with Crippen LogP contribution in [0.15, 0.2) is 18.2 Å². The minimum absolute atomic E-state index is 0.450. The van der Waals surface area contributed by atoms with Crippen molar-refractivity contribution in [2.24, 2.45) is 5.92 Å². The average molecular weight is 266 g/mol. The van der Waals surface area contributed by atoms with E-state index in [-0.39, 0.29) is 0 Å². The Balaban J connectivity index is 1.83. The molecule has 1 N–H and O–H groups in total. The summed E-state index contributed by atoms with van der Waals surface area (Å²) in [6, 6.07) is 6.67. The van der Waals surface area contributed by atoms with Gasteiger partial charge in [-0.25, -0.2) is 0 Å². The Morgan fingerprint density at radius 2 is 2.06 bits per heavy atom. The van der Waals surface area contributed by atoms with Crippen LogP contribution in [-0.2, 0) is 0 Å². The Morgan fingerprint density at radius 3 is 2.56 bits per heavy atom. The Morgan fingerprint density at radius 1 is 1.33 bits per heavy atom. The summed E-state index contributed by atoms with van der Waals surface area (Å²) < 4.78 is 0. The highest BCUT2D eigenvalue weighted by atomic mass is 35.5. The first-order chi connectivity index (χ1) is 8.65. The van der Waals surface area contributed by atoms with Gasteiger partial charge in [0, 0.05) is 12.6 Å². The van der Waals surface area contributed by atoms with Crippen molar-refractivity contribution in [3.8, 4) is 0 Å². The largest absolute Gasteiger partial charge is 0.389 e. The number of anilines is 1. The van der Waals surface area contributed by atoms with E-state index in [0.29, 0.717) is 6.04 Å². The summed E-state index contributed by atoms with van der Waals surface area (Å²) in [6.07, 6.45) is 4.87. The molecular weight excluding hydrogens is 246 g/mol. The standard InChI is InChI=1S/C15H20ClNO/c1-10(18)12-4-7-15(14(16)8-12)17(13-5-6-13)9-11-2-3-11/h4,7-8,10-11,13,18H,2-3,5-6,9H2,1H3. The van der Waals surface area contributed by atoms with Crippen LogP contribution in [0.3, 0.4) is 0 Å². The van der Waals surface area contributed by atoms with Gasteiger partial charge in [-0.2, -0.15) is 0 Å². The van der Waals surface area contributed by atoms with Crippen molar-refractivity contribution in [2.75, 3.05) is 11.4 Å². The number of hydrogen-bond donors (Lipinski definition) is 1. The molecule has 3 heteroatoms. The second-order valence-corrected chi connectivity index (χ2v) is 6.12. The lowest BCUT2D eigenvalue weighted by Gasteiger charge is -2.26.